The maximum atomic E-state index is 5.86. The first-order valence-corrected chi connectivity index (χ1v) is 5.43. The summed E-state index contributed by atoms with van der Waals surface area (Å²) in [6, 6.07) is 2.08. The minimum atomic E-state index is -0.0000576. The highest BCUT2D eigenvalue weighted by Crippen LogP contribution is 2.38. The van der Waals surface area contributed by atoms with Gasteiger partial charge in [0.2, 0.25) is 0 Å². The zero-order valence-electron chi connectivity index (χ0n) is 8.09. The Kier molecular flexibility index (Phi) is 2.08. The summed E-state index contributed by atoms with van der Waals surface area (Å²) in [7, 11) is 0. The predicted octanol–water partition coefficient (Wildman–Crippen LogP) is 2.31. The van der Waals surface area contributed by atoms with Crippen molar-refractivity contribution >= 4 is 11.3 Å². The van der Waals surface area contributed by atoms with Crippen molar-refractivity contribution < 1.29 is 4.74 Å². The van der Waals surface area contributed by atoms with Gasteiger partial charge in [-0.15, -0.1) is 11.3 Å². The van der Waals surface area contributed by atoms with E-state index in [9.17, 15) is 0 Å². The summed E-state index contributed by atoms with van der Waals surface area (Å²) in [5.74, 6) is 1.06. The third-order valence-corrected chi connectivity index (χ3v) is 3.56. The number of thiophene rings is 1. The third-order valence-electron chi connectivity index (χ3n) is 2.36. The van der Waals surface area contributed by atoms with Gasteiger partial charge in [-0.05, 0) is 32.8 Å². The molecule has 0 saturated heterocycles. The lowest BCUT2D eigenvalue weighted by atomic mass is 9.99. The van der Waals surface area contributed by atoms with Crippen molar-refractivity contribution in [2.45, 2.75) is 38.8 Å². The summed E-state index contributed by atoms with van der Waals surface area (Å²) in [6.45, 7) is 4.90. The molecule has 0 radical (unpaired) electrons. The van der Waals surface area contributed by atoms with Crippen LogP contribution < -0.4 is 10.5 Å². The summed E-state index contributed by atoms with van der Waals surface area (Å²) >= 11 is 1.79. The van der Waals surface area contributed by atoms with Crippen LogP contribution in [0.2, 0.25) is 0 Å². The smallest absolute Gasteiger partial charge is 0.134 e. The standard InChI is InChI=1S/C10H15NOS/c1-10(2)4-3-9-8(12-10)5-7(6-11)13-9/h5H,3-4,6,11H2,1-2H3. The molecule has 2 N–H and O–H groups in total. The van der Waals surface area contributed by atoms with E-state index in [2.05, 4.69) is 19.9 Å². The van der Waals surface area contributed by atoms with Gasteiger partial charge in [0.05, 0.1) is 0 Å². The van der Waals surface area contributed by atoms with Gasteiger partial charge in [-0.3, -0.25) is 0 Å². The van der Waals surface area contributed by atoms with Crippen molar-refractivity contribution in [2.24, 2.45) is 5.73 Å². The number of aryl methyl sites for hydroxylation is 1. The molecule has 0 aromatic carbocycles. The van der Waals surface area contributed by atoms with Crippen LogP contribution in [0.4, 0.5) is 0 Å². The third kappa shape index (κ3) is 1.71. The Balaban J connectivity index is 2.30. The zero-order valence-corrected chi connectivity index (χ0v) is 8.91. The largest absolute Gasteiger partial charge is 0.487 e. The number of ether oxygens (including phenoxy) is 1. The molecule has 2 heterocycles. The van der Waals surface area contributed by atoms with Crippen LogP contribution in [0.5, 0.6) is 5.75 Å². The highest BCUT2D eigenvalue weighted by atomic mass is 32.1. The molecule has 0 fully saturated rings. The number of fused-ring (bicyclic) bond motifs is 1. The minimum Gasteiger partial charge on any atom is -0.487 e. The molecule has 2 nitrogen and oxygen atoms in total. The molecule has 0 aliphatic carbocycles. The van der Waals surface area contributed by atoms with Crippen molar-refractivity contribution in [3.05, 3.63) is 15.8 Å². The van der Waals surface area contributed by atoms with Gasteiger partial charge in [0.25, 0.3) is 0 Å². The second-order valence-corrected chi connectivity index (χ2v) is 5.29. The maximum absolute atomic E-state index is 5.86. The molecule has 0 bridgehead atoms. The normalized spacial score (nSPS) is 19.3. The van der Waals surface area contributed by atoms with Gasteiger partial charge in [-0.25, -0.2) is 0 Å². The van der Waals surface area contributed by atoms with E-state index in [4.69, 9.17) is 10.5 Å². The lowest BCUT2D eigenvalue weighted by molar-refractivity contribution is 0.0864. The molecule has 2 rings (SSSR count). The summed E-state index contributed by atoms with van der Waals surface area (Å²) in [4.78, 5) is 2.59. The van der Waals surface area contributed by atoms with Crippen molar-refractivity contribution in [1.29, 1.82) is 0 Å². The molecule has 0 amide bonds. The summed E-state index contributed by atoms with van der Waals surface area (Å²) < 4.78 is 5.86. The second-order valence-electron chi connectivity index (χ2n) is 4.07. The van der Waals surface area contributed by atoms with E-state index in [1.54, 1.807) is 11.3 Å². The van der Waals surface area contributed by atoms with Gasteiger partial charge < -0.3 is 10.5 Å². The molecule has 0 atom stereocenters. The fourth-order valence-electron chi connectivity index (χ4n) is 1.59. The molecule has 0 unspecified atom stereocenters. The monoisotopic (exact) mass is 197 g/mol. The average molecular weight is 197 g/mol. The maximum Gasteiger partial charge on any atom is 0.134 e. The van der Waals surface area contributed by atoms with Gasteiger partial charge in [-0.2, -0.15) is 0 Å². The van der Waals surface area contributed by atoms with Crippen LogP contribution in [0.3, 0.4) is 0 Å². The fourth-order valence-corrected chi connectivity index (χ4v) is 2.56. The summed E-state index contributed by atoms with van der Waals surface area (Å²) in [5, 5.41) is 0. The number of nitrogens with two attached hydrogens (primary N) is 1. The quantitative estimate of drug-likeness (QED) is 0.749. The first kappa shape index (κ1) is 9.03. The van der Waals surface area contributed by atoms with E-state index in [1.165, 1.54) is 9.75 Å². The minimum absolute atomic E-state index is 0.0000576. The van der Waals surface area contributed by atoms with E-state index in [-0.39, 0.29) is 5.60 Å². The van der Waals surface area contributed by atoms with E-state index < -0.39 is 0 Å². The average Bonchev–Trinajstić information content (AvgIpc) is 2.44. The SMILES string of the molecule is CC1(C)CCc2sc(CN)cc2O1. The van der Waals surface area contributed by atoms with E-state index in [0.29, 0.717) is 6.54 Å². The van der Waals surface area contributed by atoms with E-state index >= 15 is 0 Å². The highest BCUT2D eigenvalue weighted by Gasteiger charge is 2.27. The molecule has 1 aliphatic rings. The van der Waals surface area contributed by atoms with Crippen molar-refractivity contribution in [3.63, 3.8) is 0 Å². The topological polar surface area (TPSA) is 35.2 Å². The van der Waals surface area contributed by atoms with E-state index in [1.807, 2.05) is 0 Å². The van der Waals surface area contributed by atoms with Gasteiger partial charge in [-0.1, -0.05) is 0 Å². The Morgan fingerprint density at radius 2 is 2.38 bits per heavy atom. The molecule has 3 heteroatoms. The summed E-state index contributed by atoms with van der Waals surface area (Å²) in [5.41, 5.74) is 5.58. The highest BCUT2D eigenvalue weighted by molar-refractivity contribution is 7.12. The molecule has 0 saturated carbocycles. The van der Waals surface area contributed by atoms with E-state index in [0.717, 1.165) is 18.6 Å². The lowest BCUT2D eigenvalue weighted by Gasteiger charge is -2.30. The first-order valence-electron chi connectivity index (χ1n) is 4.61. The molecule has 1 aromatic heterocycles. The second kappa shape index (κ2) is 3.00. The number of hydrogen-bond donors (Lipinski definition) is 1. The van der Waals surface area contributed by atoms with Crippen LogP contribution in [-0.4, -0.2) is 5.60 Å². The molecule has 0 spiro atoms. The van der Waals surface area contributed by atoms with Crippen LogP contribution >= 0.6 is 11.3 Å². The van der Waals surface area contributed by atoms with Gasteiger partial charge >= 0.3 is 0 Å². The number of hydrogen-bond acceptors (Lipinski definition) is 3. The van der Waals surface area contributed by atoms with Crippen LogP contribution in [0.15, 0.2) is 6.07 Å². The van der Waals surface area contributed by atoms with Crippen molar-refractivity contribution in [3.8, 4) is 5.75 Å². The molecule has 13 heavy (non-hydrogen) atoms. The molecular weight excluding hydrogens is 182 g/mol. The summed E-state index contributed by atoms with van der Waals surface area (Å²) in [6.07, 6.45) is 2.23. The van der Waals surface area contributed by atoms with Gasteiger partial charge in [0.1, 0.15) is 11.4 Å². The Morgan fingerprint density at radius 3 is 3.08 bits per heavy atom. The Hall–Kier alpha value is -0.540. The Bertz CT molecular complexity index is 317. The first-order chi connectivity index (χ1) is 6.11. The molecule has 1 aliphatic heterocycles. The van der Waals surface area contributed by atoms with Crippen molar-refractivity contribution in [1.82, 2.24) is 0 Å². The van der Waals surface area contributed by atoms with Gasteiger partial charge in [0, 0.05) is 16.3 Å². The van der Waals surface area contributed by atoms with Gasteiger partial charge in [0.15, 0.2) is 0 Å². The van der Waals surface area contributed by atoms with Crippen LogP contribution in [0, 0.1) is 0 Å². The molecular formula is C10H15NOS. The van der Waals surface area contributed by atoms with Crippen LogP contribution in [-0.2, 0) is 13.0 Å². The Morgan fingerprint density at radius 1 is 1.62 bits per heavy atom. The van der Waals surface area contributed by atoms with Crippen LogP contribution in [0.25, 0.3) is 0 Å². The lowest BCUT2D eigenvalue weighted by Crippen LogP contribution is -2.31. The molecule has 1 aromatic rings. The van der Waals surface area contributed by atoms with Crippen LogP contribution in [0.1, 0.15) is 30.0 Å². The molecule has 72 valence electrons. The van der Waals surface area contributed by atoms with Crippen molar-refractivity contribution in [2.75, 3.05) is 0 Å². The number of rotatable bonds is 1. The fraction of sp³-hybridized carbons (Fsp3) is 0.600. The predicted molar refractivity (Wildman–Crippen MR) is 55.2 cm³/mol. The Labute approximate surface area is 82.7 Å². The zero-order chi connectivity index (χ0) is 9.47.